The fourth-order valence-electron chi connectivity index (χ4n) is 2.98. The van der Waals surface area contributed by atoms with Gasteiger partial charge < -0.3 is 10.1 Å². The van der Waals surface area contributed by atoms with Crippen molar-refractivity contribution in [1.29, 1.82) is 0 Å². The maximum absolute atomic E-state index is 13.0. The van der Waals surface area contributed by atoms with Gasteiger partial charge in [0.1, 0.15) is 22.1 Å². The van der Waals surface area contributed by atoms with Gasteiger partial charge in [0.15, 0.2) is 0 Å². The van der Waals surface area contributed by atoms with E-state index in [1.54, 1.807) is 19.1 Å². The van der Waals surface area contributed by atoms with Gasteiger partial charge in [0.25, 0.3) is 5.91 Å². The molecule has 0 saturated heterocycles. The molecule has 0 unspecified atom stereocenters. The summed E-state index contributed by atoms with van der Waals surface area (Å²) in [6.07, 6.45) is -3.04. The van der Waals surface area contributed by atoms with Crippen molar-refractivity contribution in [3.05, 3.63) is 82.2 Å². The Morgan fingerprint density at radius 3 is 2.59 bits per heavy atom. The molecule has 0 spiro atoms. The molecule has 0 radical (unpaired) electrons. The molecule has 1 aromatic carbocycles. The molecule has 32 heavy (non-hydrogen) atoms. The van der Waals surface area contributed by atoms with Crippen molar-refractivity contribution < 1.29 is 27.1 Å². The highest BCUT2D eigenvalue weighted by Gasteiger charge is 2.33. The largest absolute Gasteiger partial charge is 0.439 e. The second-order valence-corrected chi connectivity index (χ2v) is 7.84. The number of hydrogen-bond donors (Lipinski definition) is 1. The van der Waals surface area contributed by atoms with Crippen LogP contribution in [0.2, 0.25) is 0 Å². The van der Waals surface area contributed by atoms with E-state index in [2.05, 4.69) is 15.3 Å². The molecule has 5 nitrogen and oxygen atoms in total. The van der Waals surface area contributed by atoms with E-state index in [0.717, 1.165) is 17.4 Å². The van der Waals surface area contributed by atoms with Crippen LogP contribution < -0.4 is 10.1 Å². The van der Waals surface area contributed by atoms with Crippen LogP contribution in [0.3, 0.4) is 0 Å². The topological polar surface area (TPSA) is 64.1 Å². The quantitative estimate of drug-likeness (QED) is 0.377. The van der Waals surface area contributed by atoms with Crippen LogP contribution in [0.25, 0.3) is 10.2 Å². The van der Waals surface area contributed by atoms with Crippen molar-refractivity contribution in [2.75, 3.05) is 0 Å². The number of rotatable bonds is 5. The van der Waals surface area contributed by atoms with Crippen molar-refractivity contribution in [2.24, 2.45) is 0 Å². The first kappa shape index (κ1) is 21.7. The zero-order valence-corrected chi connectivity index (χ0v) is 17.4. The lowest BCUT2D eigenvalue weighted by Gasteiger charge is -2.08. The fraction of sp³-hybridized carbons (Fsp3) is 0.136. The highest BCUT2D eigenvalue weighted by molar-refractivity contribution is 7.20. The molecular formula is C22H15F4N3O2S. The Morgan fingerprint density at radius 2 is 1.88 bits per heavy atom. The molecule has 0 fully saturated rings. The van der Waals surface area contributed by atoms with Crippen LogP contribution in [0.4, 0.5) is 17.6 Å². The first-order valence-electron chi connectivity index (χ1n) is 9.34. The average molecular weight is 461 g/mol. The summed E-state index contributed by atoms with van der Waals surface area (Å²) < 4.78 is 57.3. The number of nitrogens with zero attached hydrogens (tertiary/aromatic N) is 2. The van der Waals surface area contributed by atoms with E-state index in [0.29, 0.717) is 27.1 Å². The summed E-state index contributed by atoms with van der Waals surface area (Å²) in [4.78, 5) is 20.9. The Morgan fingerprint density at radius 1 is 1.12 bits per heavy atom. The van der Waals surface area contributed by atoms with E-state index in [1.165, 1.54) is 36.5 Å². The van der Waals surface area contributed by atoms with Gasteiger partial charge in [-0.1, -0.05) is 0 Å². The molecule has 10 heteroatoms. The number of benzene rings is 1. The summed E-state index contributed by atoms with van der Waals surface area (Å²) in [6, 6.07) is 11.0. The van der Waals surface area contributed by atoms with E-state index >= 15 is 0 Å². The minimum Gasteiger partial charge on any atom is -0.439 e. The fourth-order valence-corrected chi connectivity index (χ4v) is 4.07. The van der Waals surface area contributed by atoms with E-state index < -0.39 is 17.8 Å². The van der Waals surface area contributed by atoms with Gasteiger partial charge in [-0.05, 0) is 60.5 Å². The summed E-state index contributed by atoms with van der Waals surface area (Å²) >= 11 is 0.913. The molecule has 0 aliphatic heterocycles. The molecular weight excluding hydrogens is 446 g/mol. The van der Waals surface area contributed by atoms with E-state index in [1.807, 2.05) is 0 Å². The summed E-state index contributed by atoms with van der Waals surface area (Å²) in [5, 5.41) is 3.26. The zero-order chi connectivity index (χ0) is 22.9. The molecule has 1 N–H and O–H groups in total. The van der Waals surface area contributed by atoms with Gasteiger partial charge in [0, 0.05) is 24.2 Å². The van der Waals surface area contributed by atoms with Crippen LogP contribution in [0.5, 0.6) is 11.6 Å². The molecule has 0 aliphatic carbocycles. The summed E-state index contributed by atoms with van der Waals surface area (Å²) in [7, 11) is 0. The first-order chi connectivity index (χ1) is 15.2. The number of aromatic nitrogens is 2. The van der Waals surface area contributed by atoms with Crippen LogP contribution >= 0.6 is 11.3 Å². The number of ether oxygens (including phenoxy) is 1. The Bertz CT molecular complexity index is 1290. The third-order valence-electron chi connectivity index (χ3n) is 4.59. The second-order valence-electron chi connectivity index (χ2n) is 6.84. The molecule has 0 saturated carbocycles. The predicted molar refractivity (Wildman–Crippen MR) is 111 cm³/mol. The number of amides is 1. The maximum atomic E-state index is 13.0. The summed E-state index contributed by atoms with van der Waals surface area (Å²) in [6.45, 7) is 1.82. The number of pyridine rings is 2. The molecule has 164 valence electrons. The third-order valence-corrected chi connectivity index (χ3v) is 5.79. The Labute approximate surface area is 183 Å². The Kier molecular flexibility index (Phi) is 5.79. The number of carbonyl (C=O) groups excluding carboxylic acids is 1. The minimum absolute atomic E-state index is 0.149. The van der Waals surface area contributed by atoms with Crippen LogP contribution in [0.15, 0.2) is 54.7 Å². The van der Waals surface area contributed by atoms with Crippen LogP contribution in [0, 0.1) is 12.7 Å². The monoisotopic (exact) mass is 461 g/mol. The average Bonchev–Trinajstić information content (AvgIpc) is 3.09. The van der Waals surface area contributed by atoms with Crippen molar-refractivity contribution >= 4 is 27.5 Å². The third kappa shape index (κ3) is 4.70. The van der Waals surface area contributed by atoms with Crippen molar-refractivity contribution in [3.8, 4) is 11.6 Å². The molecule has 0 bridgehead atoms. The highest BCUT2D eigenvalue weighted by Crippen LogP contribution is 2.34. The number of carbonyl (C=O) groups is 1. The van der Waals surface area contributed by atoms with Gasteiger partial charge in [-0.3, -0.25) is 4.79 Å². The summed E-state index contributed by atoms with van der Waals surface area (Å²) in [5.74, 6) is -0.128. The molecule has 3 aromatic heterocycles. The highest BCUT2D eigenvalue weighted by atomic mass is 32.1. The molecule has 1 amide bonds. The van der Waals surface area contributed by atoms with Crippen LogP contribution in [0.1, 0.15) is 26.5 Å². The summed E-state index contributed by atoms with van der Waals surface area (Å²) in [5.41, 5.74) is 0.268. The molecule has 3 heterocycles. The molecule has 0 atom stereocenters. The van der Waals surface area contributed by atoms with Crippen LogP contribution in [-0.4, -0.2) is 15.9 Å². The van der Waals surface area contributed by atoms with Gasteiger partial charge in [0.05, 0.1) is 4.88 Å². The number of nitrogens with one attached hydrogen (secondary N) is 1. The molecule has 4 rings (SSSR count). The lowest BCUT2D eigenvalue weighted by Crippen LogP contribution is -2.22. The van der Waals surface area contributed by atoms with Crippen molar-refractivity contribution in [1.82, 2.24) is 15.3 Å². The Hall–Kier alpha value is -3.53. The number of halogens is 4. The number of thiophene rings is 1. The normalized spacial score (nSPS) is 11.5. The van der Waals surface area contributed by atoms with Gasteiger partial charge in [-0.15, -0.1) is 11.3 Å². The Balaban J connectivity index is 1.47. The van der Waals surface area contributed by atoms with E-state index in [9.17, 15) is 22.4 Å². The molecule has 0 aliphatic rings. The maximum Gasteiger partial charge on any atom is 0.433 e. The van der Waals surface area contributed by atoms with Crippen molar-refractivity contribution in [2.45, 2.75) is 19.6 Å². The zero-order valence-electron chi connectivity index (χ0n) is 16.5. The number of alkyl halides is 3. The lowest BCUT2D eigenvalue weighted by molar-refractivity contribution is -0.140. The number of hydrogen-bond acceptors (Lipinski definition) is 5. The van der Waals surface area contributed by atoms with Crippen molar-refractivity contribution in [3.63, 3.8) is 0 Å². The first-order valence-corrected chi connectivity index (χ1v) is 10.2. The second kappa shape index (κ2) is 8.54. The van der Waals surface area contributed by atoms with Crippen LogP contribution in [-0.2, 0) is 12.7 Å². The standard InChI is InChI=1S/C22H15F4N3O2S/c1-12-16-6-7-17(22(24,25)26)29-21(16)32-19(12)20(30)28-11-13-8-9-27-18(10-13)31-15-4-2-14(23)3-5-15/h2-10H,11H2,1H3,(H,28,30). The predicted octanol–water partition coefficient (Wildman–Crippen LogP) is 5.88. The SMILES string of the molecule is Cc1c(C(=O)NCc2ccnc(Oc3ccc(F)cc3)c2)sc2nc(C(F)(F)F)ccc12. The van der Waals surface area contributed by atoms with Gasteiger partial charge >= 0.3 is 6.18 Å². The van der Waals surface area contributed by atoms with Gasteiger partial charge in [0.2, 0.25) is 5.88 Å². The smallest absolute Gasteiger partial charge is 0.433 e. The molecule has 4 aromatic rings. The number of fused-ring (bicyclic) bond motifs is 1. The number of aryl methyl sites for hydroxylation is 1. The van der Waals surface area contributed by atoms with Gasteiger partial charge in [-0.2, -0.15) is 13.2 Å². The van der Waals surface area contributed by atoms with E-state index in [4.69, 9.17) is 4.74 Å². The lowest BCUT2D eigenvalue weighted by atomic mass is 10.1. The van der Waals surface area contributed by atoms with E-state index in [-0.39, 0.29) is 23.1 Å². The van der Waals surface area contributed by atoms with Gasteiger partial charge in [-0.25, -0.2) is 14.4 Å². The minimum atomic E-state index is -4.55.